The van der Waals surface area contributed by atoms with Crippen molar-refractivity contribution in [2.75, 3.05) is 11.9 Å². The van der Waals surface area contributed by atoms with Crippen LogP contribution in [-0.2, 0) is 0 Å². The van der Waals surface area contributed by atoms with Crippen molar-refractivity contribution in [1.82, 2.24) is 4.98 Å². The quantitative estimate of drug-likeness (QED) is 0.899. The van der Waals surface area contributed by atoms with E-state index in [0.717, 1.165) is 0 Å². The molecule has 104 valence electrons. The molecular formula is C14H13BrN2O3. The molecule has 0 saturated heterocycles. The van der Waals surface area contributed by atoms with Crippen LogP contribution in [0.25, 0.3) is 0 Å². The lowest BCUT2D eigenvalue weighted by molar-refractivity contribution is 0.102. The van der Waals surface area contributed by atoms with E-state index in [9.17, 15) is 9.90 Å². The van der Waals surface area contributed by atoms with Gasteiger partial charge in [0.2, 0.25) is 5.88 Å². The normalized spacial score (nSPS) is 10.1. The molecule has 0 aliphatic heterocycles. The molecule has 0 bridgehead atoms. The third kappa shape index (κ3) is 3.48. The predicted molar refractivity (Wildman–Crippen MR) is 79.2 cm³/mol. The third-order valence-corrected chi connectivity index (χ3v) is 2.98. The number of anilines is 1. The Hall–Kier alpha value is -2.08. The first-order chi connectivity index (χ1) is 9.60. The van der Waals surface area contributed by atoms with Gasteiger partial charge in [0.15, 0.2) is 0 Å². The van der Waals surface area contributed by atoms with Crippen LogP contribution in [0.2, 0.25) is 0 Å². The molecule has 0 unspecified atom stereocenters. The summed E-state index contributed by atoms with van der Waals surface area (Å²) in [6.07, 6.45) is 1.50. The van der Waals surface area contributed by atoms with Gasteiger partial charge in [-0.15, -0.1) is 0 Å². The maximum Gasteiger partial charge on any atom is 0.259 e. The number of hydrogen-bond acceptors (Lipinski definition) is 4. The first-order valence-corrected chi connectivity index (χ1v) is 6.78. The van der Waals surface area contributed by atoms with Gasteiger partial charge in [0.05, 0.1) is 24.1 Å². The Bertz CT molecular complexity index is 614. The van der Waals surface area contributed by atoms with Gasteiger partial charge in [-0.25, -0.2) is 4.98 Å². The lowest BCUT2D eigenvalue weighted by atomic mass is 10.2. The number of rotatable bonds is 4. The molecule has 2 aromatic rings. The number of aromatic hydroxyl groups is 1. The van der Waals surface area contributed by atoms with Crippen LogP contribution in [0.5, 0.6) is 11.6 Å². The first kappa shape index (κ1) is 14.3. The van der Waals surface area contributed by atoms with Crippen molar-refractivity contribution < 1.29 is 14.6 Å². The highest BCUT2D eigenvalue weighted by atomic mass is 79.9. The highest BCUT2D eigenvalue weighted by Gasteiger charge is 2.11. The van der Waals surface area contributed by atoms with Gasteiger partial charge < -0.3 is 15.2 Å². The van der Waals surface area contributed by atoms with Crippen LogP contribution in [0.3, 0.4) is 0 Å². The largest absolute Gasteiger partial charge is 0.507 e. The zero-order valence-corrected chi connectivity index (χ0v) is 12.3. The summed E-state index contributed by atoms with van der Waals surface area (Å²) in [7, 11) is 0. The van der Waals surface area contributed by atoms with Gasteiger partial charge in [0.25, 0.3) is 5.91 Å². The number of phenolic OH excluding ortho intramolecular Hbond substituents is 1. The van der Waals surface area contributed by atoms with Crippen molar-refractivity contribution in [3.8, 4) is 11.6 Å². The van der Waals surface area contributed by atoms with E-state index in [4.69, 9.17) is 4.74 Å². The Morgan fingerprint density at radius 1 is 1.40 bits per heavy atom. The number of ether oxygens (including phenoxy) is 1. The fraction of sp³-hybridized carbons (Fsp3) is 0.143. The molecule has 0 radical (unpaired) electrons. The Morgan fingerprint density at radius 3 is 2.80 bits per heavy atom. The summed E-state index contributed by atoms with van der Waals surface area (Å²) in [5.74, 6) is 0.00807. The van der Waals surface area contributed by atoms with Crippen LogP contribution in [0.1, 0.15) is 17.3 Å². The van der Waals surface area contributed by atoms with Crippen molar-refractivity contribution in [1.29, 1.82) is 0 Å². The Morgan fingerprint density at radius 2 is 2.20 bits per heavy atom. The summed E-state index contributed by atoms with van der Waals surface area (Å²) in [6.45, 7) is 2.40. The molecule has 0 saturated carbocycles. The second kappa shape index (κ2) is 6.38. The summed E-state index contributed by atoms with van der Waals surface area (Å²) >= 11 is 3.22. The average molecular weight is 337 g/mol. The van der Waals surface area contributed by atoms with E-state index in [2.05, 4.69) is 26.2 Å². The van der Waals surface area contributed by atoms with Crippen LogP contribution < -0.4 is 10.1 Å². The van der Waals surface area contributed by atoms with E-state index in [1.165, 1.54) is 18.3 Å². The minimum Gasteiger partial charge on any atom is -0.507 e. The molecule has 20 heavy (non-hydrogen) atoms. The van der Waals surface area contributed by atoms with Crippen LogP contribution in [0.15, 0.2) is 41.0 Å². The van der Waals surface area contributed by atoms with Crippen LogP contribution in [0.4, 0.5) is 5.69 Å². The standard InChI is InChI=1S/C14H13BrN2O3/c1-2-20-13-6-4-10(8-16-13)17-14(19)11-5-3-9(15)7-12(11)18/h3-8,18H,2H2,1H3,(H,17,19). The number of benzene rings is 1. The Kier molecular flexibility index (Phi) is 4.57. The molecule has 0 fully saturated rings. The van der Waals surface area contributed by atoms with Crippen molar-refractivity contribution >= 4 is 27.5 Å². The number of carbonyl (C=O) groups excluding carboxylic acids is 1. The lowest BCUT2D eigenvalue weighted by Crippen LogP contribution is -2.12. The number of amides is 1. The van der Waals surface area contributed by atoms with Gasteiger partial charge in [0.1, 0.15) is 5.75 Å². The summed E-state index contributed by atoms with van der Waals surface area (Å²) in [4.78, 5) is 16.1. The van der Waals surface area contributed by atoms with E-state index >= 15 is 0 Å². The second-order valence-corrected chi connectivity index (χ2v) is 4.85. The number of aromatic nitrogens is 1. The Labute approximate surface area is 124 Å². The molecule has 1 aromatic carbocycles. The maximum absolute atomic E-state index is 12.0. The number of pyridine rings is 1. The summed E-state index contributed by atoms with van der Waals surface area (Å²) in [6, 6.07) is 8.04. The molecule has 1 amide bonds. The summed E-state index contributed by atoms with van der Waals surface area (Å²) < 4.78 is 5.92. The van der Waals surface area contributed by atoms with E-state index in [0.29, 0.717) is 22.6 Å². The van der Waals surface area contributed by atoms with Gasteiger partial charge in [-0.05, 0) is 31.2 Å². The lowest BCUT2D eigenvalue weighted by Gasteiger charge is -2.07. The summed E-state index contributed by atoms with van der Waals surface area (Å²) in [5.41, 5.74) is 0.725. The molecule has 1 aromatic heterocycles. The fourth-order valence-corrected chi connectivity index (χ4v) is 1.93. The van der Waals surface area contributed by atoms with Crippen molar-refractivity contribution in [3.63, 3.8) is 0 Å². The number of halogens is 1. The highest BCUT2D eigenvalue weighted by Crippen LogP contribution is 2.23. The van der Waals surface area contributed by atoms with E-state index < -0.39 is 5.91 Å². The van der Waals surface area contributed by atoms with Gasteiger partial charge >= 0.3 is 0 Å². The second-order valence-electron chi connectivity index (χ2n) is 3.93. The van der Waals surface area contributed by atoms with Crippen LogP contribution in [-0.4, -0.2) is 22.6 Å². The molecule has 1 heterocycles. The number of phenols is 1. The first-order valence-electron chi connectivity index (χ1n) is 5.99. The monoisotopic (exact) mass is 336 g/mol. The molecular weight excluding hydrogens is 324 g/mol. The predicted octanol–water partition coefficient (Wildman–Crippen LogP) is 3.20. The molecule has 2 rings (SSSR count). The molecule has 0 aliphatic carbocycles. The van der Waals surface area contributed by atoms with Gasteiger partial charge in [-0.3, -0.25) is 4.79 Å². The fourth-order valence-electron chi connectivity index (χ4n) is 1.58. The van der Waals surface area contributed by atoms with Crippen molar-refractivity contribution in [2.45, 2.75) is 6.92 Å². The van der Waals surface area contributed by atoms with Gasteiger partial charge in [0, 0.05) is 10.5 Å². The van der Waals surface area contributed by atoms with Gasteiger partial charge in [-0.1, -0.05) is 15.9 Å². The minimum atomic E-state index is -0.402. The Balaban J connectivity index is 2.11. The summed E-state index contributed by atoms with van der Waals surface area (Å²) in [5, 5.41) is 12.4. The molecule has 5 nitrogen and oxygen atoms in total. The maximum atomic E-state index is 12.0. The average Bonchev–Trinajstić information content (AvgIpc) is 2.41. The molecule has 0 atom stereocenters. The number of nitrogens with one attached hydrogen (secondary N) is 1. The number of nitrogens with zero attached hydrogens (tertiary/aromatic N) is 1. The zero-order valence-electron chi connectivity index (χ0n) is 10.8. The zero-order chi connectivity index (χ0) is 14.5. The van der Waals surface area contributed by atoms with Crippen molar-refractivity contribution in [3.05, 3.63) is 46.6 Å². The SMILES string of the molecule is CCOc1ccc(NC(=O)c2ccc(Br)cc2O)cn1. The molecule has 0 spiro atoms. The van der Waals surface area contributed by atoms with Crippen molar-refractivity contribution in [2.24, 2.45) is 0 Å². The van der Waals surface area contributed by atoms with E-state index in [1.54, 1.807) is 18.2 Å². The molecule has 6 heteroatoms. The molecule has 0 aliphatic rings. The minimum absolute atomic E-state index is 0.0872. The highest BCUT2D eigenvalue weighted by molar-refractivity contribution is 9.10. The van der Waals surface area contributed by atoms with Gasteiger partial charge in [-0.2, -0.15) is 0 Å². The topological polar surface area (TPSA) is 71.5 Å². The van der Waals surface area contributed by atoms with E-state index in [1.807, 2.05) is 6.92 Å². The number of hydrogen-bond donors (Lipinski definition) is 2. The van der Waals surface area contributed by atoms with E-state index in [-0.39, 0.29) is 11.3 Å². The smallest absolute Gasteiger partial charge is 0.259 e. The number of carbonyl (C=O) groups is 1. The third-order valence-electron chi connectivity index (χ3n) is 2.49. The molecule has 2 N–H and O–H groups in total. The van der Waals surface area contributed by atoms with Crippen LogP contribution >= 0.6 is 15.9 Å². The van der Waals surface area contributed by atoms with Crippen LogP contribution in [0, 0.1) is 0 Å².